The van der Waals surface area contributed by atoms with Crippen molar-refractivity contribution in [2.24, 2.45) is 5.16 Å². The summed E-state index contributed by atoms with van der Waals surface area (Å²) in [5.74, 6) is -2.90. The van der Waals surface area contributed by atoms with E-state index in [9.17, 15) is 18.0 Å². The first-order valence-corrected chi connectivity index (χ1v) is 5.61. The first kappa shape index (κ1) is 14.2. The van der Waals surface area contributed by atoms with E-state index in [1.165, 1.54) is 18.2 Å². The lowest BCUT2D eigenvalue weighted by Crippen LogP contribution is -2.40. The monoisotopic (exact) mass is 289 g/mol. The van der Waals surface area contributed by atoms with E-state index in [1.54, 1.807) is 0 Å². The Balaban J connectivity index is 2.53. The van der Waals surface area contributed by atoms with Gasteiger partial charge in [0, 0.05) is 17.5 Å². The van der Waals surface area contributed by atoms with Gasteiger partial charge in [-0.2, -0.15) is 13.2 Å². The molecule has 0 fully saturated rings. The number of oxime groups is 1. The lowest BCUT2D eigenvalue weighted by atomic mass is 9.88. The number of para-hydroxylation sites is 1. The Morgan fingerprint density at radius 1 is 1.45 bits per heavy atom. The predicted octanol–water partition coefficient (Wildman–Crippen LogP) is 2.38. The summed E-state index contributed by atoms with van der Waals surface area (Å²) in [7, 11) is 0. The van der Waals surface area contributed by atoms with Crippen molar-refractivity contribution in [3.8, 4) is 5.75 Å². The minimum absolute atomic E-state index is 0.0881. The van der Waals surface area contributed by atoms with E-state index in [2.05, 4.69) is 5.16 Å². The summed E-state index contributed by atoms with van der Waals surface area (Å²) >= 11 is 0. The van der Waals surface area contributed by atoms with Crippen molar-refractivity contribution in [3.63, 3.8) is 0 Å². The number of alkyl halides is 3. The predicted molar refractivity (Wildman–Crippen MR) is 61.3 cm³/mol. The number of rotatable bonds is 2. The van der Waals surface area contributed by atoms with Crippen molar-refractivity contribution in [3.05, 3.63) is 29.3 Å². The van der Waals surface area contributed by atoms with Gasteiger partial charge in [-0.05, 0) is 6.07 Å². The number of hydrogen-bond donors (Lipinski definition) is 2. The molecule has 0 saturated carbocycles. The molecule has 0 amide bonds. The number of nitrogens with zero attached hydrogens (tertiary/aromatic N) is 1. The topological polar surface area (TPSA) is 79.1 Å². The van der Waals surface area contributed by atoms with Crippen molar-refractivity contribution in [2.75, 3.05) is 0 Å². The Hall–Kier alpha value is -2.25. The third-order valence-corrected chi connectivity index (χ3v) is 3.02. The molecule has 0 radical (unpaired) electrons. The number of aliphatic carboxylic acids is 1. The molecule has 2 rings (SSSR count). The van der Waals surface area contributed by atoms with Gasteiger partial charge in [0.25, 0.3) is 0 Å². The number of ether oxygens (including phenoxy) is 1. The van der Waals surface area contributed by atoms with E-state index in [-0.39, 0.29) is 16.9 Å². The van der Waals surface area contributed by atoms with Gasteiger partial charge in [-0.3, -0.25) is 4.79 Å². The largest absolute Gasteiger partial charge is 0.481 e. The van der Waals surface area contributed by atoms with Gasteiger partial charge in [0.05, 0.1) is 12.1 Å². The fourth-order valence-corrected chi connectivity index (χ4v) is 2.11. The highest BCUT2D eigenvalue weighted by Gasteiger charge is 2.48. The first-order chi connectivity index (χ1) is 9.34. The van der Waals surface area contributed by atoms with Crippen LogP contribution < -0.4 is 4.74 Å². The van der Waals surface area contributed by atoms with Crippen LogP contribution in [0.3, 0.4) is 0 Å². The SMILES string of the molecule is O=C(O)C1CC(C(F)(F)F)Oc2c(C=NO)cccc21. The molecule has 2 unspecified atom stereocenters. The zero-order chi connectivity index (χ0) is 14.9. The zero-order valence-electron chi connectivity index (χ0n) is 9.96. The van der Waals surface area contributed by atoms with Crippen LogP contribution in [0.1, 0.15) is 23.5 Å². The molecule has 0 aromatic heterocycles. The quantitative estimate of drug-likeness (QED) is 0.497. The van der Waals surface area contributed by atoms with Crippen molar-refractivity contribution in [1.82, 2.24) is 0 Å². The molecule has 1 aliphatic rings. The van der Waals surface area contributed by atoms with Gasteiger partial charge in [-0.25, -0.2) is 0 Å². The molecule has 1 aromatic rings. The highest BCUT2D eigenvalue weighted by molar-refractivity contribution is 5.86. The minimum Gasteiger partial charge on any atom is -0.481 e. The molecule has 1 aliphatic heterocycles. The molecule has 108 valence electrons. The summed E-state index contributed by atoms with van der Waals surface area (Å²) in [6, 6.07) is 4.22. The van der Waals surface area contributed by atoms with Gasteiger partial charge in [0.1, 0.15) is 5.75 Å². The van der Waals surface area contributed by atoms with E-state index in [1.807, 2.05) is 0 Å². The number of carbonyl (C=O) groups is 1. The van der Waals surface area contributed by atoms with Crippen molar-refractivity contribution >= 4 is 12.2 Å². The van der Waals surface area contributed by atoms with Crippen LogP contribution >= 0.6 is 0 Å². The van der Waals surface area contributed by atoms with Crippen molar-refractivity contribution in [2.45, 2.75) is 24.6 Å². The molecule has 1 heterocycles. The van der Waals surface area contributed by atoms with E-state index >= 15 is 0 Å². The second-order valence-electron chi connectivity index (χ2n) is 4.28. The third-order valence-electron chi connectivity index (χ3n) is 3.02. The van der Waals surface area contributed by atoms with Gasteiger partial charge in [0.2, 0.25) is 0 Å². The molecule has 2 N–H and O–H groups in total. The molecule has 8 heteroatoms. The maximum absolute atomic E-state index is 12.8. The Morgan fingerprint density at radius 3 is 2.70 bits per heavy atom. The molecular weight excluding hydrogens is 279 g/mol. The highest BCUT2D eigenvalue weighted by Crippen LogP contribution is 2.42. The lowest BCUT2D eigenvalue weighted by molar-refractivity contribution is -0.201. The molecular formula is C12H10F3NO4. The Kier molecular flexibility index (Phi) is 3.56. The summed E-state index contributed by atoms with van der Waals surface area (Å²) in [5.41, 5.74) is 0.223. The molecule has 20 heavy (non-hydrogen) atoms. The maximum Gasteiger partial charge on any atom is 0.425 e. The standard InChI is InChI=1S/C12H10F3NO4/c13-12(14,15)9-4-8(11(17)18)7-3-1-2-6(5-16-19)10(7)20-9/h1-3,5,8-9,19H,4H2,(H,17,18). The normalized spacial score (nSPS) is 22.4. The van der Waals surface area contributed by atoms with E-state index < -0.39 is 30.6 Å². The Labute approximate surface area is 111 Å². The van der Waals surface area contributed by atoms with E-state index in [0.717, 1.165) is 6.21 Å². The Morgan fingerprint density at radius 2 is 2.15 bits per heavy atom. The molecule has 0 aliphatic carbocycles. The van der Waals surface area contributed by atoms with Crippen LogP contribution in [0.15, 0.2) is 23.4 Å². The number of carboxylic acids is 1. The fraction of sp³-hybridized carbons (Fsp3) is 0.333. The summed E-state index contributed by atoms with van der Waals surface area (Å²) < 4.78 is 43.2. The third kappa shape index (κ3) is 2.54. The highest BCUT2D eigenvalue weighted by atomic mass is 19.4. The van der Waals surface area contributed by atoms with Crippen molar-refractivity contribution < 1.29 is 33.0 Å². The van der Waals surface area contributed by atoms with Crippen LogP contribution in [0.4, 0.5) is 13.2 Å². The van der Waals surface area contributed by atoms with Crippen LogP contribution in [0.5, 0.6) is 5.75 Å². The van der Waals surface area contributed by atoms with Gasteiger partial charge >= 0.3 is 12.1 Å². The second kappa shape index (κ2) is 5.03. The lowest BCUT2D eigenvalue weighted by Gasteiger charge is -2.32. The van der Waals surface area contributed by atoms with Gasteiger partial charge in [0.15, 0.2) is 6.10 Å². The number of benzene rings is 1. The fourth-order valence-electron chi connectivity index (χ4n) is 2.11. The van der Waals surface area contributed by atoms with Crippen LogP contribution in [0.2, 0.25) is 0 Å². The van der Waals surface area contributed by atoms with Crippen molar-refractivity contribution in [1.29, 1.82) is 0 Å². The van der Waals surface area contributed by atoms with Crippen LogP contribution in [-0.2, 0) is 4.79 Å². The molecule has 2 atom stereocenters. The summed E-state index contributed by atoms with van der Waals surface area (Å²) in [4.78, 5) is 11.2. The second-order valence-corrected chi connectivity index (χ2v) is 4.28. The molecule has 1 aromatic carbocycles. The summed E-state index contributed by atoms with van der Waals surface area (Å²) in [6.07, 6.45) is -6.67. The maximum atomic E-state index is 12.8. The number of fused-ring (bicyclic) bond motifs is 1. The number of hydrogen-bond acceptors (Lipinski definition) is 4. The average Bonchev–Trinajstić information content (AvgIpc) is 2.37. The smallest absolute Gasteiger partial charge is 0.425 e. The van der Waals surface area contributed by atoms with E-state index in [4.69, 9.17) is 15.1 Å². The van der Waals surface area contributed by atoms with Gasteiger partial charge in [-0.15, -0.1) is 0 Å². The van der Waals surface area contributed by atoms with E-state index in [0.29, 0.717) is 0 Å². The Bertz CT molecular complexity index is 556. The van der Waals surface area contributed by atoms with Crippen LogP contribution in [0.25, 0.3) is 0 Å². The summed E-state index contributed by atoms with van der Waals surface area (Å²) in [5, 5.41) is 20.3. The summed E-state index contributed by atoms with van der Waals surface area (Å²) in [6.45, 7) is 0. The number of carboxylic acid groups (broad SMARTS) is 1. The average molecular weight is 289 g/mol. The van der Waals surface area contributed by atoms with Gasteiger partial charge < -0.3 is 15.1 Å². The minimum atomic E-state index is -4.67. The molecule has 0 spiro atoms. The molecule has 0 bridgehead atoms. The molecule has 5 nitrogen and oxygen atoms in total. The first-order valence-electron chi connectivity index (χ1n) is 5.61. The van der Waals surface area contributed by atoms with Crippen LogP contribution in [0, 0.1) is 0 Å². The number of halogens is 3. The van der Waals surface area contributed by atoms with Crippen LogP contribution in [-0.4, -0.2) is 34.8 Å². The zero-order valence-corrected chi connectivity index (χ0v) is 9.96. The van der Waals surface area contributed by atoms with Gasteiger partial charge in [-0.1, -0.05) is 17.3 Å². The molecule has 0 saturated heterocycles.